The van der Waals surface area contributed by atoms with Gasteiger partial charge in [0.15, 0.2) is 5.79 Å². The van der Waals surface area contributed by atoms with Crippen LogP contribution in [-0.2, 0) is 9.47 Å². The van der Waals surface area contributed by atoms with Gasteiger partial charge in [-0.1, -0.05) is 0 Å². The van der Waals surface area contributed by atoms with E-state index in [9.17, 15) is 0 Å². The lowest BCUT2D eigenvalue weighted by Crippen LogP contribution is -2.20. The summed E-state index contributed by atoms with van der Waals surface area (Å²) in [6.07, 6.45) is 3.05. The first-order valence-corrected chi connectivity index (χ1v) is 3.52. The van der Waals surface area contributed by atoms with Crippen LogP contribution < -0.4 is 0 Å². The Balaban J connectivity index is 2.44. The smallest absolute Gasteiger partial charge is 0.163 e. The highest BCUT2D eigenvalue weighted by molar-refractivity contribution is 5.05. The summed E-state index contributed by atoms with van der Waals surface area (Å²) in [6, 6.07) is 1.91. The zero-order chi connectivity index (χ0) is 8.32. The Morgan fingerprint density at radius 2 is 2.36 bits per heavy atom. The van der Waals surface area contributed by atoms with Gasteiger partial charge in [0.2, 0.25) is 0 Å². The van der Waals surface area contributed by atoms with Crippen LogP contribution in [0.4, 0.5) is 0 Å². The predicted molar refractivity (Wildman–Crippen MR) is 39.7 cm³/mol. The maximum absolute atomic E-state index is 8.22. The SMILES string of the molecule is CC1(C)OC[C@@H](/C=C/C#N)O1. The van der Waals surface area contributed by atoms with Crippen molar-refractivity contribution in [1.29, 1.82) is 5.26 Å². The first kappa shape index (κ1) is 8.25. The molecule has 0 radical (unpaired) electrons. The van der Waals surface area contributed by atoms with E-state index in [1.165, 1.54) is 6.08 Å². The second-order valence-corrected chi connectivity index (χ2v) is 2.86. The fourth-order valence-electron chi connectivity index (χ4n) is 0.961. The molecule has 0 bridgehead atoms. The van der Waals surface area contributed by atoms with Crippen molar-refractivity contribution in [2.24, 2.45) is 0 Å². The number of allylic oxidation sites excluding steroid dienone is 1. The molecule has 3 nitrogen and oxygen atoms in total. The molecular weight excluding hydrogens is 142 g/mol. The molecule has 0 unspecified atom stereocenters. The van der Waals surface area contributed by atoms with Crippen molar-refractivity contribution in [2.75, 3.05) is 6.61 Å². The topological polar surface area (TPSA) is 42.2 Å². The van der Waals surface area contributed by atoms with E-state index in [0.717, 1.165) is 0 Å². The number of rotatable bonds is 1. The van der Waals surface area contributed by atoms with E-state index < -0.39 is 5.79 Å². The van der Waals surface area contributed by atoms with Gasteiger partial charge in [-0.2, -0.15) is 5.26 Å². The highest BCUT2D eigenvalue weighted by Gasteiger charge is 2.30. The highest BCUT2D eigenvalue weighted by Crippen LogP contribution is 2.22. The third-order valence-corrected chi connectivity index (χ3v) is 1.42. The lowest BCUT2D eigenvalue weighted by Gasteiger charge is -2.15. The van der Waals surface area contributed by atoms with Gasteiger partial charge < -0.3 is 9.47 Å². The van der Waals surface area contributed by atoms with Crippen LogP contribution in [-0.4, -0.2) is 18.5 Å². The van der Waals surface area contributed by atoms with E-state index >= 15 is 0 Å². The molecule has 0 aromatic heterocycles. The van der Waals surface area contributed by atoms with Crippen LogP contribution in [0, 0.1) is 11.3 Å². The van der Waals surface area contributed by atoms with Gasteiger partial charge in [0, 0.05) is 6.08 Å². The maximum atomic E-state index is 8.22. The van der Waals surface area contributed by atoms with Crippen LogP contribution in [0.2, 0.25) is 0 Å². The third kappa shape index (κ3) is 2.34. The second-order valence-electron chi connectivity index (χ2n) is 2.86. The first-order valence-electron chi connectivity index (χ1n) is 3.52. The van der Waals surface area contributed by atoms with Crippen molar-refractivity contribution in [3.8, 4) is 6.07 Å². The van der Waals surface area contributed by atoms with Crippen LogP contribution in [0.5, 0.6) is 0 Å². The fourth-order valence-corrected chi connectivity index (χ4v) is 0.961. The van der Waals surface area contributed by atoms with E-state index in [1.807, 2.05) is 19.9 Å². The number of hydrogen-bond acceptors (Lipinski definition) is 3. The molecule has 0 amide bonds. The van der Waals surface area contributed by atoms with Gasteiger partial charge in [0.05, 0.1) is 12.7 Å². The minimum Gasteiger partial charge on any atom is -0.347 e. The standard InChI is InChI=1S/C8H11NO2/c1-8(2)10-6-7(11-8)4-3-5-9/h3-4,7H,6H2,1-2H3/b4-3+/t7-/m1/s1. The Morgan fingerprint density at radius 1 is 1.64 bits per heavy atom. The third-order valence-electron chi connectivity index (χ3n) is 1.42. The van der Waals surface area contributed by atoms with E-state index in [-0.39, 0.29) is 6.10 Å². The molecule has 1 fully saturated rings. The van der Waals surface area contributed by atoms with E-state index in [0.29, 0.717) is 6.61 Å². The zero-order valence-electron chi connectivity index (χ0n) is 6.70. The van der Waals surface area contributed by atoms with E-state index in [4.69, 9.17) is 14.7 Å². The Labute approximate surface area is 66.2 Å². The maximum Gasteiger partial charge on any atom is 0.163 e. The van der Waals surface area contributed by atoms with Gasteiger partial charge in [-0.15, -0.1) is 0 Å². The highest BCUT2D eigenvalue weighted by atomic mass is 16.7. The fraction of sp³-hybridized carbons (Fsp3) is 0.625. The van der Waals surface area contributed by atoms with Gasteiger partial charge in [0.1, 0.15) is 6.10 Å². The van der Waals surface area contributed by atoms with Crippen LogP contribution in [0.3, 0.4) is 0 Å². The number of hydrogen-bond donors (Lipinski definition) is 0. The molecule has 0 aromatic carbocycles. The lowest BCUT2D eigenvalue weighted by atomic mass is 10.3. The second kappa shape index (κ2) is 3.04. The number of ether oxygens (including phenoxy) is 2. The lowest BCUT2D eigenvalue weighted by molar-refractivity contribution is -0.133. The quantitative estimate of drug-likeness (QED) is 0.532. The largest absolute Gasteiger partial charge is 0.347 e. The minimum absolute atomic E-state index is 0.0651. The summed E-state index contributed by atoms with van der Waals surface area (Å²) in [5, 5.41) is 8.22. The number of nitrogens with zero attached hydrogens (tertiary/aromatic N) is 1. The molecule has 0 aromatic rings. The van der Waals surface area contributed by atoms with Crippen molar-refractivity contribution in [3.05, 3.63) is 12.2 Å². The Morgan fingerprint density at radius 3 is 2.82 bits per heavy atom. The molecule has 1 aliphatic rings. The van der Waals surface area contributed by atoms with Crippen LogP contribution in [0.15, 0.2) is 12.2 Å². The molecule has 1 saturated heterocycles. The van der Waals surface area contributed by atoms with E-state index in [2.05, 4.69) is 0 Å². The summed E-state index contributed by atoms with van der Waals surface area (Å²) in [7, 11) is 0. The Kier molecular flexibility index (Phi) is 2.28. The summed E-state index contributed by atoms with van der Waals surface area (Å²) < 4.78 is 10.7. The Hall–Kier alpha value is -0.850. The summed E-state index contributed by atoms with van der Waals surface area (Å²) >= 11 is 0. The monoisotopic (exact) mass is 153 g/mol. The predicted octanol–water partition coefficient (Wildman–Crippen LogP) is 1.22. The molecular formula is C8H11NO2. The van der Waals surface area contributed by atoms with Crippen LogP contribution >= 0.6 is 0 Å². The van der Waals surface area contributed by atoms with E-state index in [1.54, 1.807) is 6.08 Å². The molecule has 1 rings (SSSR count). The Bertz CT molecular complexity index is 203. The van der Waals surface area contributed by atoms with Crippen molar-refractivity contribution < 1.29 is 9.47 Å². The number of nitriles is 1. The molecule has 0 N–H and O–H groups in total. The molecule has 0 aliphatic carbocycles. The van der Waals surface area contributed by atoms with Gasteiger partial charge in [-0.3, -0.25) is 0 Å². The molecule has 1 heterocycles. The molecule has 11 heavy (non-hydrogen) atoms. The molecule has 3 heteroatoms. The van der Waals surface area contributed by atoms with Crippen molar-refractivity contribution >= 4 is 0 Å². The normalized spacial score (nSPS) is 29.0. The molecule has 1 aliphatic heterocycles. The van der Waals surface area contributed by atoms with Crippen molar-refractivity contribution in [2.45, 2.75) is 25.7 Å². The molecule has 1 atom stereocenters. The molecule has 0 saturated carbocycles. The minimum atomic E-state index is -0.496. The van der Waals surface area contributed by atoms with Crippen molar-refractivity contribution in [1.82, 2.24) is 0 Å². The van der Waals surface area contributed by atoms with Gasteiger partial charge >= 0.3 is 0 Å². The summed E-state index contributed by atoms with van der Waals surface area (Å²) in [5.74, 6) is -0.496. The van der Waals surface area contributed by atoms with Crippen LogP contribution in [0.25, 0.3) is 0 Å². The summed E-state index contributed by atoms with van der Waals surface area (Å²) in [6.45, 7) is 4.24. The van der Waals surface area contributed by atoms with Gasteiger partial charge in [-0.05, 0) is 19.9 Å². The average molecular weight is 153 g/mol. The average Bonchev–Trinajstić information content (AvgIpc) is 2.26. The summed E-state index contributed by atoms with van der Waals surface area (Å²) in [4.78, 5) is 0. The van der Waals surface area contributed by atoms with Crippen molar-refractivity contribution in [3.63, 3.8) is 0 Å². The first-order chi connectivity index (χ1) is 5.14. The zero-order valence-corrected chi connectivity index (χ0v) is 6.70. The molecule has 0 spiro atoms. The van der Waals surface area contributed by atoms with Crippen LogP contribution in [0.1, 0.15) is 13.8 Å². The molecule has 60 valence electrons. The van der Waals surface area contributed by atoms with Gasteiger partial charge in [-0.25, -0.2) is 0 Å². The van der Waals surface area contributed by atoms with Gasteiger partial charge in [0.25, 0.3) is 0 Å². The summed E-state index contributed by atoms with van der Waals surface area (Å²) in [5.41, 5.74) is 0.